The van der Waals surface area contributed by atoms with E-state index in [2.05, 4.69) is 59.0 Å². The maximum atomic E-state index is 12.1. The first-order chi connectivity index (χ1) is 9.09. The zero-order valence-corrected chi connectivity index (χ0v) is 14.4. The monoisotopic (exact) mass is 293 g/mol. The van der Waals surface area contributed by atoms with Gasteiger partial charge in [-0.15, -0.1) is 11.8 Å². The lowest BCUT2D eigenvalue weighted by atomic mass is 9.82. The summed E-state index contributed by atoms with van der Waals surface area (Å²) in [6, 6.07) is 8.17. The smallest absolute Gasteiger partial charge is 0.230 e. The summed E-state index contributed by atoms with van der Waals surface area (Å²) >= 11 is 1.60. The van der Waals surface area contributed by atoms with Crippen molar-refractivity contribution >= 4 is 17.7 Å². The normalized spacial score (nSPS) is 12.3. The van der Waals surface area contributed by atoms with Gasteiger partial charge in [0.1, 0.15) is 0 Å². The molecule has 0 aliphatic rings. The highest BCUT2D eigenvalue weighted by atomic mass is 32.2. The molecule has 0 spiro atoms. The van der Waals surface area contributed by atoms with Crippen LogP contribution in [0.25, 0.3) is 0 Å². The third-order valence-electron chi connectivity index (χ3n) is 2.90. The molecular formula is C17H27NOS. The Hall–Kier alpha value is -0.960. The highest BCUT2D eigenvalue weighted by Crippen LogP contribution is 2.27. The van der Waals surface area contributed by atoms with Crippen LogP contribution in [-0.4, -0.2) is 17.2 Å². The third kappa shape index (κ3) is 6.47. The van der Waals surface area contributed by atoms with Crippen LogP contribution in [0.4, 0.5) is 0 Å². The Labute approximate surface area is 127 Å². The molecule has 0 fully saturated rings. The first kappa shape index (κ1) is 17.1. The largest absolute Gasteiger partial charge is 0.350 e. The number of hydrogen-bond acceptors (Lipinski definition) is 2. The van der Waals surface area contributed by atoms with Gasteiger partial charge in [0.15, 0.2) is 0 Å². The van der Waals surface area contributed by atoms with Crippen molar-refractivity contribution < 1.29 is 4.79 Å². The van der Waals surface area contributed by atoms with Gasteiger partial charge in [0, 0.05) is 10.4 Å². The van der Waals surface area contributed by atoms with Gasteiger partial charge in [-0.05, 0) is 44.2 Å². The molecule has 20 heavy (non-hydrogen) atoms. The van der Waals surface area contributed by atoms with Crippen molar-refractivity contribution in [1.29, 1.82) is 0 Å². The van der Waals surface area contributed by atoms with Crippen LogP contribution in [0.15, 0.2) is 29.2 Å². The number of carbonyl (C=O) groups excluding carboxylic acids is 1. The fourth-order valence-electron chi connectivity index (χ4n) is 2.65. The number of benzene rings is 1. The van der Waals surface area contributed by atoms with E-state index < -0.39 is 0 Å². The van der Waals surface area contributed by atoms with Crippen LogP contribution in [0.2, 0.25) is 0 Å². The molecule has 3 heteroatoms. The fraction of sp³-hybridized carbons (Fsp3) is 0.588. The number of aryl methyl sites for hydroxylation is 1. The van der Waals surface area contributed by atoms with Crippen LogP contribution in [0.3, 0.4) is 0 Å². The molecule has 1 rings (SSSR count). The van der Waals surface area contributed by atoms with Gasteiger partial charge in [-0.25, -0.2) is 0 Å². The minimum Gasteiger partial charge on any atom is -0.350 e. The van der Waals surface area contributed by atoms with Crippen molar-refractivity contribution in [1.82, 2.24) is 5.32 Å². The molecule has 0 atom stereocenters. The van der Waals surface area contributed by atoms with E-state index in [1.54, 1.807) is 11.8 Å². The summed E-state index contributed by atoms with van der Waals surface area (Å²) in [6.45, 7) is 12.8. The van der Waals surface area contributed by atoms with Gasteiger partial charge in [0.2, 0.25) is 5.91 Å². The molecule has 0 aliphatic carbocycles. The van der Waals surface area contributed by atoms with Crippen molar-refractivity contribution in [3.8, 4) is 0 Å². The molecule has 0 aliphatic heterocycles. The maximum Gasteiger partial charge on any atom is 0.230 e. The number of hydrogen-bond donors (Lipinski definition) is 1. The third-order valence-corrected chi connectivity index (χ3v) is 4.08. The summed E-state index contributed by atoms with van der Waals surface area (Å²) in [7, 11) is 0. The number of carbonyl (C=O) groups is 1. The molecule has 0 saturated heterocycles. The second kappa shape index (κ2) is 6.66. The van der Waals surface area contributed by atoms with Gasteiger partial charge in [0.05, 0.1) is 5.75 Å². The van der Waals surface area contributed by atoms with Crippen LogP contribution in [0.5, 0.6) is 0 Å². The first-order valence-corrected chi connectivity index (χ1v) is 8.07. The predicted molar refractivity (Wildman–Crippen MR) is 88.2 cm³/mol. The average Bonchev–Trinajstić information content (AvgIpc) is 2.23. The molecule has 112 valence electrons. The molecular weight excluding hydrogens is 266 g/mol. The second-order valence-electron chi connectivity index (χ2n) is 7.22. The van der Waals surface area contributed by atoms with Crippen molar-refractivity contribution in [3.05, 3.63) is 29.8 Å². The molecule has 0 unspecified atom stereocenters. The molecule has 0 radical (unpaired) electrons. The summed E-state index contributed by atoms with van der Waals surface area (Å²) in [4.78, 5) is 13.3. The van der Waals surface area contributed by atoms with E-state index in [4.69, 9.17) is 0 Å². The maximum absolute atomic E-state index is 12.1. The molecule has 1 aromatic carbocycles. The number of thioether (sulfide) groups is 1. The zero-order chi connectivity index (χ0) is 15.4. The van der Waals surface area contributed by atoms with E-state index in [1.807, 2.05) is 12.1 Å². The first-order valence-electron chi connectivity index (χ1n) is 7.08. The van der Waals surface area contributed by atoms with Gasteiger partial charge >= 0.3 is 0 Å². The minimum absolute atomic E-state index is 0.104. The van der Waals surface area contributed by atoms with Gasteiger partial charge in [-0.1, -0.05) is 39.0 Å². The Kier molecular flexibility index (Phi) is 5.69. The Bertz CT molecular complexity index is 460. The molecule has 1 aromatic rings. The van der Waals surface area contributed by atoms with Crippen LogP contribution in [0.1, 0.15) is 46.6 Å². The summed E-state index contributed by atoms with van der Waals surface area (Å²) in [5, 5.41) is 3.14. The SMILES string of the molecule is Cc1ccccc1SCC(=O)NC(C)(C)CC(C)(C)C. The Balaban J connectivity index is 2.50. The topological polar surface area (TPSA) is 29.1 Å². The van der Waals surface area contributed by atoms with Crippen LogP contribution < -0.4 is 5.32 Å². The lowest BCUT2D eigenvalue weighted by molar-refractivity contribution is -0.120. The van der Waals surface area contributed by atoms with Crippen LogP contribution >= 0.6 is 11.8 Å². The lowest BCUT2D eigenvalue weighted by Gasteiger charge is -2.33. The molecule has 0 heterocycles. The van der Waals surface area contributed by atoms with Crippen molar-refractivity contribution in [2.24, 2.45) is 5.41 Å². The highest BCUT2D eigenvalue weighted by molar-refractivity contribution is 8.00. The standard InChI is InChI=1S/C17H27NOS/c1-13-9-7-8-10-14(13)20-11-15(19)18-17(5,6)12-16(2,3)4/h7-10H,11-12H2,1-6H3,(H,18,19). The van der Waals surface area contributed by atoms with Crippen LogP contribution in [-0.2, 0) is 4.79 Å². The average molecular weight is 293 g/mol. The molecule has 1 amide bonds. The number of nitrogens with one attached hydrogen (secondary N) is 1. The van der Waals surface area contributed by atoms with Gasteiger partial charge in [-0.2, -0.15) is 0 Å². The summed E-state index contributed by atoms with van der Waals surface area (Å²) in [6.07, 6.45) is 0.959. The van der Waals surface area contributed by atoms with Crippen molar-refractivity contribution in [2.45, 2.75) is 58.4 Å². The van der Waals surface area contributed by atoms with Crippen LogP contribution in [0, 0.1) is 12.3 Å². The summed E-state index contributed by atoms with van der Waals surface area (Å²) in [5.74, 6) is 0.575. The second-order valence-corrected chi connectivity index (χ2v) is 8.24. The molecule has 0 aromatic heterocycles. The predicted octanol–water partition coefficient (Wildman–Crippen LogP) is 4.42. The molecule has 0 saturated carbocycles. The summed E-state index contributed by atoms with van der Waals surface area (Å²) < 4.78 is 0. The van der Waals surface area contributed by atoms with Crippen molar-refractivity contribution in [2.75, 3.05) is 5.75 Å². The molecule has 0 bridgehead atoms. The molecule has 1 N–H and O–H groups in total. The quantitative estimate of drug-likeness (QED) is 0.814. The Morgan fingerprint density at radius 2 is 1.75 bits per heavy atom. The minimum atomic E-state index is -0.165. The Morgan fingerprint density at radius 3 is 2.30 bits per heavy atom. The van der Waals surface area contributed by atoms with E-state index in [9.17, 15) is 4.79 Å². The fourth-order valence-corrected chi connectivity index (χ4v) is 3.47. The summed E-state index contributed by atoms with van der Waals surface area (Å²) in [5.41, 5.74) is 1.26. The van der Waals surface area contributed by atoms with Gasteiger partial charge in [-0.3, -0.25) is 4.79 Å². The number of amides is 1. The number of rotatable bonds is 5. The lowest BCUT2D eigenvalue weighted by Crippen LogP contribution is -2.46. The molecule has 2 nitrogen and oxygen atoms in total. The van der Waals surface area contributed by atoms with E-state index in [1.165, 1.54) is 10.5 Å². The zero-order valence-electron chi connectivity index (χ0n) is 13.5. The van der Waals surface area contributed by atoms with Gasteiger partial charge in [0.25, 0.3) is 0 Å². The van der Waals surface area contributed by atoms with Crippen molar-refractivity contribution in [3.63, 3.8) is 0 Å². The Morgan fingerprint density at radius 1 is 1.15 bits per heavy atom. The highest BCUT2D eigenvalue weighted by Gasteiger charge is 2.26. The van der Waals surface area contributed by atoms with Gasteiger partial charge < -0.3 is 5.32 Å². The van der Waals surface area contributed by atoms with E-state index in [-0.39, 0.29) is 16.9 Å². The van der Waals surface area contributed by atoms with E-state index in [0.717, 1.165) is 6.42 Å². The van der Waals surface area contributed by atoms with E-state index in [0.29, 0.717) is 5.75 Å². The van der Waals surface area contributed by atoms with E-state index >= 15 is 0 Å².